The summed E-state index contributed by atoms with van der Waals surface area (Å²) < 4.78 is 0.922. The molecule has 3 unspecified atom stereocenters. The van der Waals surface area contributed by atoms with Gasteiger partial charge in [0.15, 0.2) is 0 Å². The van der Waals surface area contributed by atoms with E-state index in [2.05, 4.69) is 40.1 Å². The molecule has 0 bridgehead atoms. The number of anilines is 2. The van der Waals surface area contributed by atoms with Crippen molar-refractivity contribution in [2.75, 3.05) is 11.1 Å². The molecule has 4 heteroatoms. The minimum absolute atomic E-state index is 0.502. The zero-order chi connectivity index (χ0) is 12.4. The van der Waals surface area contributed by atoms with E-state index in [9.17, 15) is 0 Å². The highest BCUT2D eigenvalue weighted by molar-refractivity contribution is 9.10. The van der Waals surface area contributed by atoms with Gasteiger partial charge in [-0.2, -0.15) is 0 Å². The van der Waals surface area contributed by atoms with Crippen LogP contribution in [0, 0.1) is 11.8 Å². The summed E-state index contributed by atoms with van der Waals surface area (Å²) in [5, 5.41) is 3.49. The van der Waals surface area contributed by atoms with E-state index in [1.807, 2.05) is 6.07 Å². The molecule has 1 fully saturated rings. The third-order valence-electron chi connectivity index (χ3n) is 3.64. The van der Waals surface area contributed by atoms with E-state index in [4.69, 9.17) is 5.73 Å². The first kappa shape index (κ1) is 12.7. The predicted octanol–water partition coefficient (Wildman–Crippen LogP) is 3.66. The van der Waals surface area contributed by atoms with Crippen LogP contribution in [-0.2, 0) is 0 Å². The number of hydrogen-bond acceptors (Lipinski definition) is 3. The summed E-state index contributed by atoms with van der Waals surface area (Å²) in [6.07, 6.45) is 5.57. The number of halogens is 1. The van der Waals surface area contributed by atoms with Crippen molar-refractivity contribution in [1.82, 2.24) is 4.98 Å². The Bertz CT molecular complexity index is 394. The van der Waals surface area contributed by atoms with Crippen LogP contribution in [0.25, 0.3) is 0 Å². The van der Waals surface area contributed by atoms with Gasteiger partial charge in [0.25, 0.3) is 0 Å². The molecule has 3 nitrogen and oxygen atoms in total. The second-order valence-electron chi connectivity index (χ2n) is 5.24. The highest BCUT2D eigenvalue weighted by Crippen LogP contribution is 2.31. The number of rotatable bonds is 2. The average Bonchev–Trinajstić information content (AvgIpc) is 2.25. The summed E-state index contributed by atoms with van der Waals surface area (Å²) in [5.74, 6) is 2.35. The smallest absolute Gasteiger partial charge is 0.149 e. The summed E-state index contributed by atoms with van der Waals surface area (Å²) in [6.45, 7) is 4.64. The van der Waals surface area contributed by atoms with Crippen LogP contribution >= 0.6 is 15.9 Å². The van der Waals surface area contributed by atoms with E-state index in [-0.39, 0.29) is 0 Å². The van der Waals surface area contributed by atoms with Crippen molar-refractivity contribution in [3.05, 3.63) is 16.7 Å². The molecule has 2 rings (SSSR count). The molecule has 0 aliphatic heterocycles. The molecule has 0 amide bonds. The molecule has 1 aliphatic carbocycles. The number of aromatic nitrogens is 1. The minimum Gasteiger partial charge on any atom is -0.396 e. The standard InChI is InChI=1S/C13H20BrN3/c1-8-3-4-12(9(2)5-8)17-13-11(15)6-10(14)7-16-13/h6-9,12H,3-5,15H2,1-2H3,(H,16,17). The van der Waals surface area contributed by atoms with Crippen molar-refractivity contribution < 1.29 is 0 Å². The molecule has 0 aromatic carbocycles. The maximum Gasteiger partial charge on any atom is 0.149 e. The highest BCUT2D eigenvalue weighted by atomic mass is 79.9. The summed E-state index contributed by atoms with van der Waals surface area (Å²) in [7, 11) is 0. The SMILES string of the molecule is CC1CCC(Nc2ncc(Br)cc2N)C(C)C1. The number of nitrogens with one attached hydrogen (secondary N) is 1. The van der Waals surface area contributed by atoms with E-state index in [0.717, 1.165) is 16.2 Å². The third kappa shape index (κ3) is 3.12. The predicted molar refractivity (Wildman–Crippen MR) is 75.9 cm³/mol. The van der Waals surface area contributed by atoms with Crippen molar-refractivity contribution in [2.24, 2.45) is 11.8 Å². The van der Waals surface area contributed by atoms with Crippen LogP contribution in [-0.4, -0.2) is 11.0 Å². The fourth-order valence-electron chi connectivity index (χ4n) is 2.63. The fourth-order valence-corrected chi connectivity index (χ4v) is 2.98. The van der Waals surface area contributed by atoms with Crippen molar-refractivity contribution in [1.29, 1.82) is 0 Å². The van der Waals surface area contributed by atoms with Crippen LogP contribution in [0.1, 0.15) is 33.1 Å². The monoisotopic (exact) mass is 297 g/mol. The maximum absolute atomic E-state index is 5.96. The van der Waals surface area contributed by atoms with E-state index in [0.29, 0.717) is 17.6 Å². The molecule has 1 saturated carbocycles. The molecule has 1 aliphatic rings. The zero-order valence-electron chi connectivity index (χ0n) is 10.4. The highest BCUT2D eigenvalue weighted by Gasteiger charge is 2.25. The molecule has 3 atom stereocenters. The molecule has 94 valence electrons. The molecule has 1 aromatic rings. The lowest BCUT2D eigenvalue weighted by Gasteiger charge is -2.33. The number of hydrogen-bond donors (Lipinski definition) is 2. The first-order valence-corrected chi connectivity index (χ1v) is 7.03. The Labute approximate surface area is 111 Å². The van der Waals surface area contributed by atoms with Crippen LogP contribution in [0.5, 0.6) is 0 Å². The summed E-state index contributed by atoms with van der Waals surface area (Å²) in [4.78, 5) is 4.34. The molecule has 17 heavy (non-hydrogen) atoms. The molecular formula is C13H20BrN3. The van der Waals surface area contributed by atoms with Crippen molar-refractivity contribution >= 4 is 27.4 Å². The first-order valence-electron chi connectivity index (χ1n) is 6.24. The lowest BCUT2D eigenvalue weighted by atomic mass is 9.80. The van der Waals surface area contributed by atoms with Crippen LogP contribution in [0.15, 0.2) is 16.7 Å². The van der Waals surface area contributed by atoms with Crippen LogP contribution in [0.3, 0.4) is 0 Å². The van der Waals surface area contributed by atoms with Crippen LogP contribution in [0.2, 0.25) is 0 Å². The quantitative estimate of drug-likeness (QED) is 0.876. The zero-order valence-corrected chi connectivity index (χ0v) is 12.0. The van der Waals surface area contributed by atoms with Gasteiger partial charge in [0, 0.05) is 16.7 Å². The van der Waals surface area contributed by atoms with E-state index >= 15 is 0 Å². The van der Waals surface area contributed by atoms with E-state index < -0.39 is 0 Å². The number of nitrogen functional groups attached to an aromatic ring is 1. The molecule has 3 N–H and O–H groups in total. The van der Waals surface area contributed by atoms with Gasteiger partial charge in [0.05, 0.1) is 5.69 Å². The Kier molecular flexibility index (Phi) is 3.92. The Morgan fingerprint density at radius 3 is 2.82 bits per heavy atom. The lowest BCUT2D eigenvalue weighted by Crippen LogP contribution is -2.33. The van der Waals surface area contributed by atoms with Crippen molar-refractivity contribution in [2.45, 2.75) is 39.2 Å². The van der Waals surface area contributed by atoms with Crippen molar-refractivity contribution in [3.8, 4) is 0 Å². The second kappa shape index (κ2) is 5.25. The van der Waals surface area contributed by atoms with Crippen molar-refractivity contribution in [3.63, 3.8) is 0 Å². The van der Waals surface area contributed by atoms with Gasteiger partial charge in [0.2, 0.25) is 0 Å². The normalized spacial score (nSPS) is 29.0. The Morgan fingerprint density at radius 1 is 1.41 bits per heavy atom. The number of nitrogens with zero attached hydrogens (tertiary/aromatic N) is 1. The topological polar surface area (TPSA) is 50.9 Å². The Balaban J connectivity index is 2.05. The third-order valence-corrected chi connectivity index (χ3v) is 4.07. The van der Waals surface area contributed by atoms with E-state index in [1.54, 1.807) is 6.20 Å². The van der Waals surface area contributed by atoms with Crippen LogP contribution < -0.4 is 11.1 Å². The van der Waals surface area contributed by atoms with Gasteiger partial charge in [-0.15, -0.1) is 0 Å². The average molecular weight is 298 g/mol. The Hall–Kier alpha value is -0.770. The van der Waals surface area contributed by atoms with E-state index in [1.165, 1.54) is 19.3 Å². The van der Waals surface area contributed by atoms with Gasteiger partial charge in [-0.05, 0) is 53.1 Å². The number of nitrogens with two attached hydrogens (primary N) is 1. The summed E-state index contributed by atoms with van der Waals surface area (Å²) in [6, 6.07) is 2.40. The molecule has 1 aromatic heterocycles. The van der Waals surface area contributed by atoms with Gasteiger partial charge in [-0.1, -0.05) is 13.8 Å². The minimum atomic E-state index is 0.502. The van der Waals surface area contributed by atoms with Gasteiger partial charge in [0.1, 0.15) is 5.82 Å². The molecular weight excluding hydrogens is 278 g/mol. The largest absolute Gasteiger partial charge is 0.396 e. The first-order chi connectivity index (χ1) is 8.06. The van der Waals surface area contributed by atoms with Gasteiger partial charge >= 0.3 is 0 Å². The molecule has 1 heterocycles. The number of pyridine rings is 1. The van der Waals surface area contributed by atoms with Gasteiger partial charge < -0.3 is 11.1 Å². The van der Waals surface area contributed by atoms with Gasteiger partial charge in [-0.3, -0.25) is 0 Å². The fraction of sp³-hybridized carbons (Fsp3) is 0.615. The van der Waals surface area contributed by atoms with Crippen LogP contribution in [0.4, 0.5) is 11.5 Å². The summed E-state index contributed by atoms with van der Waals surface area (Å²) >= 11 is 3.37. The molecule has 0 spiro atoms. The second-order valence-corrected chi connectivity index (χ2v) is 6.15. The Morgan fingerprint density at radius 2 is 2.18 bits per heavy atom. The molecule has 0 saturated heterocycles. The van der Waals surface area contributed by atoms with Gasteiger partial charge in [-0.25, -0.2) is 4.98 Å². The lowest BCUT2D eigenvalue weighted by molar-refractivity contribution is 0.276. The maximum atomic E-state index is 5.96. The summed E-state index contributed by atoms with van der Waals surface area (Å²) in [5.41, 5.74) is 6.67. The molecule has 0 radical (unpaired) electrons.